The maximum Gasteiger partial charge on any atom is 0.250 e. The average molecular weight is 539 g/mol. The molecule has 3 aliphatic heterocycles. The van der Waals surface area contributed by atoms with Crippen LogP contribution in [-0.2, 0) is 26.3 Å². The van der Waals surface area contributed by atoms with Crippen molar-refractivity contribution >= 4 is 57.4 Å². The van der Waals surface area contributed by atoms with Crippen LogP contribution in [0.3, 0.4) is 0 Å². The van der Waals surface area contributed by atoms with E-state index in [1.165, 1.54) is 11.8 Å². The summed E-state index contributed by atoms with van der Waals surface area (Å²) in [7, 11) is 0. The number of anilines is 2. The van der Waals surface area contributed by atoms with Crippen LogP contribution >= 0.6 is 11.6 Å². The molecule has 9 heteroatoms. The molecule has 3 amide bonds. The molecule has 0 bridgehead atoms. The van der Waals surface area contributed by atoms with Crippen molar-refractivity contribution in [1.82, 2.24) is 10.3 Å². The van der Waals surface area contributed by atoms with Crippen LogP contribution in [0.4, 0.5) is 11.4 Å². The molecule has 4 atom stereocenters. The SMILES string of the molecule is CC(=O)c1ccc(N2C(=O)C3C(Cc4c[nH]c5ccccc45)NC4(C(=O)Nc5c(Cl)cccc54)C3C2=O)cc1. The summed E-state index contributed by atoms with van der Waals surface area (Å²) in [6.45, 7) is 1.46. The average Bonchev–Trinajstić information content (AvgIpc) is 3.64. The molecule has 3 N–H and O–H groups in total. The first-order chi connectivity index (χ1) is 18.8. The number of fused-ring (bicyclic) bond motifs is 5. The number of aromatic nitrogens is 1. The van der Waals surface area contributed by atoms with Crippen LogP contribution in [0.15, 0.2) is 72.9 Å². The number of hydrogen-bond acceptors (Lipinski definition) is 5. The number of carbonyl (C=O) groups excluding carboxylic acids is 4. The van der Waals surface area contributed by atoms with Crippen LogP contribution in [-0.4, -0.2) is 34.5 Å². The van der Waals surface area contributed by atoms with Crippen molar-refractivity contribution in [3.63, 3.8) is 0 Å². The van der Waals surface area contributed by atoms with Crippen molar-refractivity contribution in [3.05, 3.63) is 94.6 Å². The number of ketones is 1. The highest BCUT2D eigenvalue weighted by Crippen LogP contribution is 2.55. The fourth-order valence-corrected chi connectivity index (χ4v) is 6.83. The number of H-pyrrole nitrogens is 1. The first-order valence-corrected chi connectivity index (χ1v) is 13.1. The largest absolute Gasteiger partial charge is 0.361 e. The molecule has 3 aliphatic rings. The standard InChI is InChI=1S/C30H23ClN4O4/c1-15(36)16-9-11-18(12-10-16)35-27(37)24-23(13-17-14-32-22-8-3-2-5-19(17)22)34-30(25(24)28(35)38)20-6-4-7-21(31)26(20)33-29(30)39/h2-12,14,23-25,32,34H,13H2,1H3,(H,33,39). The van der Waals surface area contributed by atoms with Gasteiger partial charge in [-0.2, -0.15) is 0 Å². The molecule has 3 aromatic carbocycles. The van der Waals surface area contributed by atoms with E-state index in [1.807, 2.05) is 30.5 Å². The van der Waals surface area contributed by atoms with Crippen LogP contribution in [0.5, 0.6) is 0 Å². The summed E-state index contributed by atoms with van der Waals surface area (Å²) in [5.41, 5.74) is 2.35. The van der Waals surface area contributed by atoms with E-state index >= 15 is 0 Å². The van der Waals surface area contributed by atoms with Crippen LogP contribution in [0, 0.1) is 11.8 Å². The van der Waals surface area contributed by atoms with Crippen LogP contribution in [0.1, 0.15) is 28.4 Å². The third kappa shape index (κ3) is 3.22. The van der Waals surface area contributed by atoms with Gasteiger partial charge in [0.15, 0.2) is 5.78 Å². The Morgan fingerprint density at radius 3 is 2.51 bits per heavy atom. The lowest BCUT2D eigenvalue weighted by atomic mass is 9.76. The zero-order valence-corrected chi connectivity index (χ0v) is 21.6. The van der Waals surface area contributed by atoms with E-state index in [9.17, 15) is 19.2 Å². The predicted octanol–water partition coefficient (Wildman–Crippen LogP) is 4.19. The topological polar surface area (TPSA) is 111 Å². The monoisotopic (exact) mass is 538 g/mol. The number of halogens is 1. The van der Waals surface area contributed by atoms with Crippen molar-refractivity contribution in [1.29, 1.82) is 0 Å². The minimum atomic E-state index is -1.46. The van der Waals surface area contributed by atoms with Gasteiger partial charge in [0.05, 0.1) is 28.2 Å². The molecule has 39 heavy (non-hydrogen) atoms. The van der Waals surface area contributed by atoms with Gasteiger partial charge in [0.25, 0.3) is 0 Å². The molecule has 8 nitrogen and oxygen atoms in total. The quantitative estimate of drug-likeness (QED) is 0.266. The molecule has 1 aromatic heterocycles. The predicted molar refractivity (Wildman–Crippen MR) is 147 cm³/mol. The van der Waals surface area contributed by atoms with Gasteiger partial charge < -0.3 is 10.3 Å². The zero-order chi connectivity index (χ0) is 27.1. The smallest absolute Gasteiger partial charge is 0.250 e. The highest BCUT2D eigenvalue weighted by molar-refractivity contribution is 6.35. The number of rotatable bonds is 4. The number of imide groups is 1. The highest BCUT2D eigenvalue weighted by atomic mass is 35.5. The van der Waals surface area contributed by atoms with Crippen molar-refractivity contribution in [2.75, 3.05) is 10.2 Å². The molecule has 0 saturated carbocycles. The van der Waals surface area contributed by atoms with E-state index in [4.69, 9.17) is 11.6 Å². The number of nitrogens with one attached hydrogen (secondary N) is 3. The molecule has 4 unspecified atom stereocenters. The second-order valence-corrected chi connectivity index (χ2v) is 10.8. The summed E-state index contributed by atoms with van der Waals surface area (Å²) in [5, 5.41) is 7.72. The van der Waals surface area contributed by atoms with Crippen molar-refractivity contribution in [3.8, 4) is 0 Å². The van der Waals surface area contributed by atoms with E-state index in [0.717, 1.165) is 16.5 Å². The van der Waals surface area contributed by atoms with E-state index in [0.29, 0.717) is 33.9 Å². The Bertz CT molecular complexity index is 1730. The maximum absolute atomic E-state index is 14.2. The van der Waals surface area contributed by atoms with Gasteiger partial charge in [0.1, 0.15) is 5.54 Å². The summed E-state index contributed by atoms with van der Waals surface area (Å²) in [4.78, 5) is 58.2. The molecular weight excluding hydrogens is 516 g/mol. The van der Waals surface area contributed by atoms with Crippen molar-refractivity contribution < 1.29 is 19.2 Å². The lowest BCUT2D eigenvalue weighted by Gasteiger charge is -2.29. The second-order valence-electron chi connectivity index (χ2n) is 10.4. The zero-order valence-electron chi connectivity index (χ0n) is 20.8. The Labute approximate surface area is 228 Å². The number of para-hydroxylation sites is 2. The summed E-state index contributed by atoms with van der Waals surface area (Å²) in [6.07, 6.45) is 2.33. The molecule has 2 fully saturated rings. The number of aromatic amines is 1. The summed E-state index contributed by atoms with van der Waals surface area (Å²) in [6, 6.07) is 19.0. The lowest BCUT2D eigenvalue weighted by Crippen LogP contribution is -2.53. The van der Waals surface area contributed by atoms with Gasteiger partial charge in [0.2, 0.25) is 17.7 Å². The fourth-order valence-electron chi connectivity index (χ4n) is 6.61. The normalized spacial score (nSPS) is 25.4. The van der Waals surface area contributed by atoms with Crippen molar-refractivity contribution in [2.45, 2.75) is 24.9 Å². The Morgan fingerprint density at radius 1 is 0.974 bits per heavy atom. The third-order valence-corrected chi connectivity index (χ3v) is 8.66. The Morgan fingerprint density at radius 2 is 1.74 bits per heavy atom. The Hall–Kier alpha value is -4.27. The lowest BCUT2D eigenvalue weighted by molar-refractivity contribution is -0.130. The number of nitrogens with zero attached hydrogens (tertiary/aromatic N) is 1. The molecular formula is C30H23ClN4O4. The van der Waals surface area contributed by atoms with Gasteiger partial charge in [-0.1, -0.05) is 41.9 Å². The van der Waals surface area contributed by atoms with Crippen LogP contribution in [0.25, 0.3) is 10.9 Å². The van der Waals surface area contributed by atoms with Gasteiger partial charge in [-0.15, -0.1) is 0 Å². The van der Waals surface area contributed by atoms with Crippen molar-refractivity contribution in [2.24, 2.45) is 11.8 Å². The number of carbonyl (C=O) groups is 4. The first kappa shape index (κ1) is 23.8. The fraction of sp³-hybridized carbons (Fsp3) is 0.200. The van der Waals surface area contributed by atoms with Crippen LogP contribution < -0.4 is 15.5 Å². The van der Waals surface area contributed by atoms with Gasteiger partial charge in [-0.3, -0.25) is 24.5 Å². The molecule has 4 heterocycles. The molecule has 1 spiro atoms. The number of amides is 3. The van der Waals surface area contributed by atoms with E-state index in [1.54, 1.807) is 42.5 Å². The molecule has 7 rings (SSSR count). The second kappa shape index (κ2) is 8.36. The molecule has 2 saturated heterocycles. The van der Waals surface area contributed by atoms with E-state index in [-0.39, 0.29) is 11.7 Å². The number of hydrogen-bond donors (Lipinski definition) is 3. The molecule has 4 aromatic rings. The number of benzene rings is 3. The molecule has 0 aliphatic carbocycles. The summed E-state index contributed by atoms with van der Waals surface area (Å²) in [5.74, 6) is -3.13. The number of Topliss-reactive ketones (excluding diaryl/α,β-unsaturated/α-hetero) is 1. The summed E-state index contributed by atoms with van der Waals surface area (Å²) >= 11 is 6.45. The van der Waals surface area contributed by atoms with Gasteiger partial charge in [0, 0.05) is 34.3 Å². The minimum absolute atomic E-state index is 0.115. The van der Waals surface area contributed by atoms with Gasteiger partial charge in [-0.25, -0.2) is 4.90 Å². The maximum atomic E-state index is 14.2. The first-order valence-electron chi connectivity index (χ1n) is 12.7. The van der Waals surface area contributed by atoms with Gasteiger partial charge in [-0.05, 0) is 55.3 Å². The molecule has 0 radical (unpaired) electrons. The summed E-state index contributed by atoms with van der Waals surface area (Å²) < 4.78 is 0. The highest BCUT2D eigenvalue weighted by Gasteiger charge is 2.70. The van der Waals surface area contributed by atoms with Gasteiger partial charge >= 0.3 is 0 Å². The van der Waals surface area contributed by atoms with E-state index in [2.05, 4.69) is 15.6 Å². The molecule has 194 valence electrons. The Balaban J connectivity index is 1.37. The minimum Gasteiger partial charge on any atom is -0.361 e. The Kier molecular flexibility index (Phi) is 5.11. The third-order valence-electron chi connectivity index (χ3n) is 8.35. The van der Waals surface area contributed by atoms with Crippen LogP contribution in [0.2, 0.25) is 5.02 Å². The van der Waals surface area contributed by atoms with E-state index < -0.39 is 35.2 Å².